The molecule has 0 unspecified atom stereocenters. The van der Waals surface area contributed by atoms with Crippen molar-refractivity contribution in [2.45, 2.75) is 24.8 Å². The van der Waals surface area contributed by atoms with Gasteiger partial charge >= 0.3 is 0 Å². The number of H-pyrrole nitrogens is 1. The largest absolute Gasteiger partial charge is 0.425 e. The maximum absolute atomic E-state index is 11.0. The average molecular weight is 330 g/mol. The van der Waals surface area contributed by atoms with Crippen molar-refractivity contribution in [1.82, 2.24) is 25.4 Å². The standard InChI is InChI=1S/C14H14N6O2S/c1-8(21)15-11-5-3-10(4-6-11)13-16-14(20-19-13)23-7-12-18-17-9(2)22-12/h3-6H,7H2,1-2H3,(H,15,21)(H,16,19,20). The molecular formula is C14H14N6O2S. The molecule has 0 saturated heterocycles. The Kier molecular flexibility index (Phi) is 4.38. The van der Waals surface area contributed by atoms with E-state index in [4.69, 9.17) is 4.42 Å². The zero-order valence-electron chi connectivity index (χ0n) is 12.5. The number of amides is 1. The maximum Gasteiger partial charge on any atom is 0.226 e. The molecule has 0 saturated carbocycles. The van der Waals surface area contributed by atoms with Crippen LogP contribution in [0.5, 0.6) is 0 Å². The number of benzene rings is 1. The van der Waals surface area contributed by atoms with E-state index in [1.165, 1.54) is 18.7 Å². The molecule has 8 nitrogen and oxygen atoms in total. The molecule has 0 spiro atoms. The number of anilines is 1. The maximum atomic E-state index is 11.0. The number of aromatic amines is 1. The summed E-state index contributed by atoms with van der Waals surface area (Å²) >= 11 is 1.41. The first-order valence-electron chi connectivity index (χ1n) is 6.82. The molecule has 0 bridgehead atoms. The second-order valence-corrected chi connectivity index (χ2v) is 5.67. The minimum atomic E-state index is -0.104. The molecule has 2 N–H and O–H groups in total. The normalized spacial score (nSPS) is 10.7. The van der Waals surface area contributed by atoms with Gasteiger partial charge in [-0.25, -0.2) is 4.98 Å². The van der Waals surface area contributed by atoms with Crippen LogP contribution in [0.25, 0.3) is 11.4 Å². The van der Waals surface area contributed by atoms with Gasteiger partial charge in [-0.05, 0) is 24.3 Å². The Morgan fingerprint density at radius 1 is 1.30 bits per heavy atom. The van der Waals surface area contributed by atoms with Gasteiger partial charge in [0.05, 0.1) is 5.75 Å². The summed E-state index contributed by atoms with van der Waals surface area (Å²) in [7, 11) is 0. The summed E-state index contributed by atoms with van der Waals surface area (Å²) < 4.78 is 5.30. The third-order valence-corrected chi connectivity index (χ3v) is 3.67. The lowest BCUT2D eigenvalue weighted by molar-refractivity contribution is -0.114. The van der Waals surface area contributed by atoms with Crippen LogP contribution in [0, 0.1) is 6.92 Å². The van der Waals surface area contributed by atoms with Gasteiger partial charge in [-0.3, -0.25) is 9.89 Å². The monoisotopic (exact) mass is 330 g/mol. The van der Waals surface area contributed by atoms with Gasteiger partial charge in [0.1, 0.15) is 0 Å². The predicted octanol–water partition coefficient (Wildman–Crippen LogP) is 2.41. The number of hydrogen-bond acceptors (Lipinski definition) is 7. The summed E-state index contributed by atoms with van der Waals surface area (Å²) in [5.41, 5.74) is 1.62. The zero-order chi connectivity index (χ0) is 16.2. The lowest BCUT2D eigenvalue weighted by Crippen LogP contribution is -2.05. The molecule has 23 heavy (non-hydrogen) atoms. The fourth-order valence-electron chi connectivity index (χ4n) is 1.88. The number of aromatic nitrogens is 5. The van der Waals surface area contributed by atoms with Crippen molar-refractivity contribution in [3.05, 3.63) is 36.0 Å². The van der Waals surface area contributed by atoms with E-state index in [1.54, 1.807) is 6.92 Å². The van der Waals surface area contributed by atoms with E-state index < -0.39 is 0 Å². The van der Waals surface area contributed by atoms with E-state index >= 15 is 0 Å². The Hall–Kier alpha value is -2.68. The van der Waals surface area contributed by atoms with E-state index in [0.29, 0.717) is 28.5 Å². The predicted molar refractivity (Wildman–Crippen MR) is 84.7 cm³/mol. The van der Waals surface area contributed by atoms with E-state index in [2.05, 4.69) is 30.7 Å². The number of aryl methyl sites for hydroxylation is 1. The van der Waals surface area contributed by atoms with Gasteiger partial charge in [-0.1, -0.05) is 11.8 Å². The molecule has 0 aliphatic rings. The Morgan fingerprint density at radius 2 is 2.09 bits per heavy atom. The van der Waals surface area contributed by atoms with Gasteiger partial charge in [0.25, 0.3) is 0 Å². The topological polar surface area (TPSA) is 110 Å². The molecule has 2 heterocycles. The number of nitrogens with zero attached hydrogens (tertiary/aromatic N) is 4. The van der Waals surface area contributed by atoms with Crippen LogP contribution in [0.3, 0.4) is 0 Å². The highest BCUT2D eigenvalue weighted by Gasteiger charge is 2.09. The highest BCUT2D eigenvalue weighted by Crippen LogP contribution is 2.23. The molecule has 0 atom stereocenters. The molecule has 0 radical (unpaired) electrons. The lowest BCUT2D eigenvalue weighted by atomic mass is 10.2. The Bertz CT molecular complexity index is 811. The van der Waals surface area contributed by atoms with Crippen LogP contribution in [0.2, 0.25) is 0 Å². The summed E-state index contributed by atoms with van der Waals surface area (Å²) in [5, 5.41) is 18.0. The van der Waals surface area contributed by atoms with E-state index in [9.17, 15) is 4.79 Å². The number of carbonyl (C=O) groups excluding carboxylic acids is 1. The summed E-state index contributed by atoms with van der Waals surface area (Å²) in [4.78, 5) is 15.4. The van der Waals surface area contributed by atoms with Crippen molar-refractivity contribution < 1.29 is 9.21 Å². The first-order chi connectivity index (χ1) is 11.1. The Labute approximate surface area is 136 Å². The smallest absolute Gasteiger partial charge is 0.226 e. The molecule has 0 aliphatic heterocycles. The van der Waals surface area contributed by atoms with Crippen molar-refractivity contribution in [2.75, 3.05) is 5.32 Å². The lowest BCUT2D eigenvalue weighted by Gasteiger charge is -2.02. The molecule has 1 aromatic carbocycles. The summed E-state index contributed by atoms with van der Waals surface area (Å²) in [6.45, 7) is 3.22. The molecule has 3 aromatic rings. The van der Waals surface area contributed by atoms with Gasteiger partial charge in [0, 0.05) is 25.1 Å². The number of rotatable bonds is 5. The van der Waals surface area contributed by atoms with Crippen molar-refractivity contribution in [3.63, 3.8) is 0 Å². The fourth-order valence-corrected chi connectivity index (χ4v) is 2.51. The molecule has 0 aliphatic carbocycles. The number of thioether (sulfide) groups is 1. The van der Waals surface area contributed by atoms with Crippen molar-refractivity contribution in [3.8, 4) is 11.4 Å². The Morgan fingerprint density at radius 3 is 2.74 bits per heavy atom. The van der Waals surface area contributed by atoms with Gasteiger partial charge in [-0.15, -0.1) is 15.3 Å². The highest BCUT2D eigenvalue weighted by atomic mass is 32.2. The highest BCUT2D eigenvalue weighted by molar-refractivity contribution is 7.98. The molecule has 0 fully saturated rings. The van der Waals surface area contributed by atoms with Crippen LogP contribution in [0.4, 0.5) is 5.69 Å². The minimum Gasteiger partial charge on any atom is -0.425 e. The number of hydrogen-bond donors (Lipinski definition) is 2. The van der Waals surface area contributed by atoms with Gasteiger partial charge in [0.2, 0.25) is 22.8 Å². The zero-order valence-corrected chi connectivity index (χ0v) is 13.3. The quantitative estimate of drug-likeness (QED) is 0.691. The van der Waals surface area contributed by atoms with Crippen molar-refractivity contribution >= 4 is 23.4 Å². The van der Waals surface area contributed by atoms with E-state index in [-0.39, 0.29) is 5.91 Å². The van der Waals surface area contributed by atoms with E-state index in [0.717, 1.165) is 11.3 Å². The van der Waals surface area contributed by atoms with Gasteiger partial charge in [0.15, 0.2) is 5.82 Å². The van der Waals surface area contributed by atoms with Crippen molar-refractivity contribution in [2.24, 2.45) is 0 Å². The third-order valence-electron chi connectivity index (χ3n) is 2.84. The molecule has 3 rings (SSSR count). The molecule has 1 amide bonds. The first-order valence-corrected chi connectivity index (χ1v) is 7.81. The molecule has 2 aromatic heterocycles. The Balaban J connectivity index is 1.65. The molecule has 118 valence electrons. The van der Waals surface area contributed by atoms with E-state index in [1.807, 2.05) is 24.3 Å². The number of carbonyl (C=O) groups is 1. The number of nitrogens with one attached hydrogen (secondary N) is 2. The SMILES string of the molecule is CC(=O)Nc1ccc(-c2nc(SCc3nnc(C)o3)n[nH]2)cc1. The summed E-state index contributed by atoms with van der Waals surface area (Å²) in [6, 6.07) is 7.35. The first kappa shape index (κ1) is 15.2. The van der Waals surface area contributed by atoms with Gasteiger partial charge in [-0.2, -0.15) is 0 Å². The summed E-state index contributed by atoms with van der Waals surface area (Å²) in [5.74, 6) is 2.14. The van der Waals surface area contributed by atoms with Crippen LogP contribution in [-0.2, 0) is 10.5 Å². The fraction of sp³-hybridized carbons (Fsp3) is 0.214. The van der Waals surface area contributed by atoms with Crippen LogP contribution in [0.15, 0.2) is 33.8 Å². The third kappa shape index (κ3) is 3.95. The van der Waals surface area contributed by atoms with Crippen LogP contribution < -0.4 is 5.32 Å². The minimum absolute atomic E-state index is 0.104. The summed E-state index contributed by atoms with van der Waals surface area (Å²) in [6.07, 6.45) is 0. The average Bonchev–Trinajstić information content (AvgIpc) is 3.14. The van der Waals surface area contributed by atoms with Crippen LogP contribution in [-0.4, -0.2) is 31.3 Å². The second kappa shape index (κ2) is 6.61. The second-order valence-electron chi connectivity index (χ2n) is 4.73. The van der Waals surface area contributed by atoms with Gasteiger partial charge < -0.3 is 9.73 Å². The molecular weight excluding hydrogens is 316 g/mol. The van der Waals surface area contributed by atoms with Crippen LogP contribution in [0.1, 0.15) is 18.7 Å². The van der Waals surface area contributed by atoms with Crippen molar-refractivity contribution in [1.29, 1.82) is 0 Å². The van der Waals surface area contributed by atoms with Crippen LogP contribution >= 0.6 is 11.8 Å². The molecule has 9 heteroatoms.